The van der Waals surface area contributed by atoms with Gasteiger partial charge in [-0.15, -0.1) is 0 Å². The quantitative estimate of drug-likeness (QED) is 0.569. The van der Waals surface area contributed by atoms with Crippen molar-refractivity contribution in [1.29, 1.82) is 0 Å². The second kappa shape index (κ2) is 5.71. The fraction of sp³-hybridized carbons (Fsp3) is 0. The maximum absolute atomic E-state index is 6.33. The Morgan fingerprint density at radius 1 is 1.05 bits per heavy atom. The molecular formula is C13H6Cl4N2OS. The van der Waals surface area contributed by atoms with Gasteiger partial charge in [-0.1, -0.05) is 57.7 Å². The van der Waals surface area contributed by atoms with Gasteiger partial charge in [0, 0.05) is 5.02 Å². The molecule has 3 rings (SSSR count). The minimum Gasteiger partial charge on any atom is -0.453 e. The maximum atomic E-state index is 6.33. The van der Waals surface area contributed by atoms with Crippen LogP contribution in [0.4, 0.5) is 5.13 Å². The van der Waals surface area contributed by atoms with Crippen LogP contribution < -0.4 is 10.5 Å². The summed E-state index contributed by atoms with van der Waals surface area (Å²) in [4.78, 5) is 4.14. The molecule has 1 aromatic heterocycles. The molecule has 0 aliphatic rings. The molecule has 108 valence electrons. The van der Waals surface area contributed by atoms with Crippen LogP contribution in [0.25, 0.3) is 10.2 Å². The minimum absolute atomic E-state index is 0.304. The van der Waals surface area contributed by atoms with Crippen molar-refractivity contribution in [3.05, 3.63) is 44.4 Å². The number of anilines is 1. The maximum Gasteiger partial charge on any atom is 0.181 e. The van der Waals surface area contributed by atoms with Gasteiger partial charge in [-0.05, 0) is 24.3 Å². The molecule has 0 unspecified atom stereocenters. The number of hydrogen-bond acceptors (Lipinski definition) is 4. The summed E-state index contributed by atoms with van der Waals surface area (Å²) in [6, 6.07) is 6.52. The summed E-state index contributed by atoms with van der Waals surface area (Å²) in [5.41, 5.74) is 6.31. The number of nitrogen functional groups attached to an aromatic ring is 1. The van der Waals surface area contributed by atoms with Gasteiger partial charge in [0.15, 0.2) is 10.9 Å². The molecule has 0 fully saturated rings. The summed E-state index contributed by atoms with van der Waals surface area (Å²) in [6.07, 6.45) is 0. The van der Waals surface area contributed by atoms with Gasteiger partial charge in [-0.25, -0.2) is 4.98 Å². The molecule has 2 N–H and O–H groups in total. The fourth-order valence-electron chi connectivity index (χ4n) is 1.76. The zero-order chi connectivity index (χ0) is 15.1. The molecule has 0 aliphatic heterocycles. The van der Waals surface area contributed by atoms with E-state index < -0.39 is 0 Å². The summed E-state index contributed by atoms with van der Waals surface area (Å²) in [5, 5.41) is 1.94. The Hall–Kier alpha value is -0.910. The number of fused-ring (bicyclic) bond motifs is 1. The first-order valence-corrected chi connectivity index (χ1v) is 7.95. The number of ether oxygens (including phenoxy) is 1. The minimum atomic E-state index is 0.304. The monoisotopic (exact) mass is 378 g/mol. The van der Waals surface area contributed by atoms with Gasteiger partial charge >= 0.3 is 0 Å². The van der Waals surface area contributed by atoms with E-state index in [9.17, 15) is 0 Å². The lowest BCUT2D eigenvalue weighted by atomic mass is 10.3. The van der Waals surface area contributed by atoms with Crippen LogP contribution in [0.15, 0.2) is 24.3 Å². The van der Waals surface area contributed by atoms with Crippen molar-refractivity contribution in [2.24, 2.45) is 0 Å². The lowest BCUT2D eigenvalue weighted by molar-refractivity contribution is 0.484. The third kappa shape index (κ3) is 2.87. The highest BCUT2D eigenvalue weighted by molar-refractivity contribution is 7.22. The number of nitrogens with zero attached hydrogens (tertiary/aromatic N) is 1. The van der Waals surface area contributed by atoms with Gasteiger partial charge in [0.1, 0.15) is 10.8 Å². The van der Waals surface area contributed by atoms with Crippen molar-refractivity contribution in [3.8, 4) is 11.5 Å². The lowest BCUT2D eigenvalue weighted by Crippen LogP contribution is -1.88. The SMILES string of the molecule is Nc1nc2cc(Cl)c(Oc3ccc(Cl)cc3Cl)c(Cl)c2s1. The average Bonchev–Trinajstić information content (AvgIpc) is 2.77. The number of nitrogens with two attached hydrogens (primary N) is 1. The van der Waals surface area contributed by atoms with Gasteiger partial charge in [0.05, 0.1) is 20.3 Å². The van der Waals surface area contributed by atoms with Crippen LogP contribution in [0.3, 0.4) is 0 Å². The van der Waals surface area contributed by atoms with E-state index in [2.05, 4.69) is 4.98 Å². The molecule has 0 radical (unpaired) electrons. The highest BCUT2D eigenvalue weighted by atomic mass is 35.5. The van der Waals surface area contributed by atoms with Crippen LogP contribution in [0, 0.1) is 0 Å². The molecule has 0 aliphatic carbocycles. The summed E-state index contributed by atoms with van der Waals surface area (Å²) in [7, 11) is 0. The fourth-order valence-corrected chi connectivity index (χ4v) is 3.59. The van der Waals surface area contributed by atoms with Crippen molar-refractivity contribution in [3.63, 3.8) is 0 Å². The van der Waals surface area contributed by atoms with Crippen LogP contribution in [0.5, 0.6) is 11.5 Å². The van der Waals surface area contributed by atoms with Gasteiger partial charge in [0.2, 0.25) is 0 Å². The first kappa shape index (κ1) is 15.0. The van der Waals surface area contributed by atoms with E-state index in [1.165, 1.54) is 11.3 Å². The molecule has 0 atom stereocenters. The number of aromatic nitrogens is 1. The largest absolute Gasteiger partial charge is 0.453 e. The number of hydrogen-bond donors (Lipinski definition) is 1. The molecule has 0 saturated heterocycles. The van der Waals surface area contributed by atoms with Crippen LogP contribution in [0.1, 0.15) is 0 Å². The molecule has 1 heterocycles. The number of halogens is 4. The predicted octanol–water partition coefficient (Wildman–Crippen LogP) is 6.28. The number of thiazole rings is 1. The average molecular weight is 380 g/mol. The Morgan fingerprint density at radius 3 is 2.52 bits per heavy atom. The zero-order valence-electron chi connectivity index (χ0n) is 10.2. The zero-order valence-corrected chi connectivity index (χ0v) is 14.0. The molecule has 0 bridgehead atoms. The molecule has 0 spiro atoms. The normalized spacial score (nSPS) is 11.0. The van der Waals surface area contributed by atoms with Crippen LogP contribution in [0.2, 0.25) is 20.1 Å². The summed E-state index contributed by atoms with van der Waals surface area (Å²) < 4.78 is 6.43. The standard InChI is InChI=1S/C13H6Cl4N2OS/c14-5-1-2-9(6(15)3-5)20-11-7(16)4-8-12(10(11)17)21-13(18)19-8/h1-4H,(H2,18,19). The van der Waals surface area contributed by atoms with Crippen LogP contribution in [-0.2, 0) is 0 Å². The number of rotatable bonds is 2. The number of benzene rings is 2. The molecule has 2 aromatic carbocycles. The molecule has 21 heavy (non-hydrogen) atoms. The van der Waals surface area contributed by atoms with E-state index in [-0.39, 0.29) is 0 Å². The highest BCUT2D eigenvalue weighted by Gasteiger charge is 2.17. The van der Waals surface area contributed by atoms with Crippen LogP contribution in [-0.4, -0.2) is 4.98 Å². The van der Waals surface area contributed by atoms with Gasteiger partial charge in [0.25, 0.3) is 0 Å². The van der Waals surface area contributed by atoms with E-state index in [0.29, 0.717) is 46.9 Å². The van der Waals surface area contributed by atoms with Gasteiger partial charge < -0.3 is 10.5 Å². The van der Waals surface area contributed by atoms with Crippen molar-refractivity contribution >= 4 is 73.1 Å². The summed E-state index contributed by atoms with van der Waals surface area (Å²) >= 11 is 25.7. The Bertz CT molecular complexity index is 850. The Balaban J connectivity index is 2.11. The van der Waals surface area contributed by atoms with E-state index in [1.807, 2.05) is 0 Å². The molecule has 0 amide bonds. The first-order chi connectivity index (χ1) is 9.95. The first-order valence-electron chi connectivity index (χ1n) is 5.62. The van der Waals surface area contributed by atoms with E-state index in [4.69, 9.17) is 56.9 Å². The van der Waals surface area contributed by atoms with Crippen LogP contribution >= 0.6 is 57.7 Å². The highest BCUT2D eigenvalue weighted by Crippen LogP contribution is 2.45. The molecule has 3 nitrogen and oxygen atoms in total. The third-order valence-electron chi connectivity index (χ3n) is 2.65. The smallest absolute Gasteiger partial charge is 0.181 e. The summed E-state index contributed by atoms with van der Waals surface area (Å²) in [5.74, 6) is 0.709. The van der Waals surface area contributed by atoms with Crippen molar-refractivity contribution in [2.75, 3.05) is 5.73 Å². The third-order valence-corrected chi connectivity index (χ3v) is 4.86. The second-order valence-electron chi connectivity index (χ2n) is 4.08. The molecular weight excluding hydrogens is 374 g/mol. The Morgan fingerprint density at radius 2 is 1.81 bits per heavy atom. The molecule has 3 aromatic rings. The van der Waals surface area contributed by atoms with Crippen molar-refractivity contribution < 1.29 is 4.74 Å². The van der Waals surface area contributed by atoms with E-state index in [0.717, 1.165) is 0 Å². The predicted molar refractivity (Wildman–Crippen MR) is 90.6 cm³/mol. The molecule has 8 heteroatoms. The van der Waals surface area contributed by atoms with Gasteiger partial charge in [-0.3, -0.25) is 0 Å². The van der Waals surface area contributed by atoms with E-state index in [1.54, 1.807) is 24.3 Å². The van der Waals surface area contributed by atoms with Gasteiger partial charge in [-0.2, -0.15) is 0 Å². The van der Waals surface area contributed by atoms with Crippen molar-refractivity contribution in [1.82, 2.24) is 4.98 Å². The lowest BCUT2D eigenvalue weighted by Gasteiger charge is -2.11. The van der Waals surface area contributed by atoms with Crippen molar-refractivity contribution in [2.45, 2.75) is 0 Å². The Labute approximate surface area is 144 Å². The van der Waals surface area contributed by atoms with E-state index >= 15 is 0 Å². The Kier molecular flexibility index (Phi) is 4.08. The summed E-state index contributed by atoms with van der Waals surface area (Å²) in [6.45, 7) is 0. The molecule has 0 saturated carbocycles. The topological polar surface area (TPSA) is 48.1 Å². The second-order valence-corrected chi connectivity index (χ2v) is 6.74.